The van der Waals surface area contributed by atoms with E-state index in [1.165, 1.54) is 4.88 Å². The molecule has 1 rings (SSSR count). The number of hydrogen-bond donors (Lipinski definition) is 2. The molecule has 1 unspecified atom stereocenters. The number of thiophene rings is 1. The van der Waals surface area contributed by atoms with Crippen molar-refractivity contribution in [3.63, 3.8) is 0 Å². The molecule has 0 saturated carbocycles. The second kappa shape index (κ2) is 6.52. The summed E-state index contributed by atoms with van der Waals surface area (Å²) < 4.78 is 1.12. The van der Waals surface area contributed by atoms with Gasteiger partial charge in [-0.15, -0.1) is 11.3 Å². The number of carbonyl (C=O) groups is 1. The molecule has 0 radical (unpaired) electrons. The van der Waals surface area contributed by atoms with E-state index in [1.807, 2.05) is 13.0 Å². The molecule has 1 heterocycles. The van der Waals surface area contributed by atoms with Gasteiger partial charge in [-0.25, -0.2) is 0 Å². The first-order valence-electron chi connectivity index (χ1n) is 5.77. The Morgan fingerprint density at radius 2 is 2.29 bits per heavy atom. The van der Waals surface area contributed by atoms with E-state index in [0.29, 0.717) is 13.0 Å². The van der Waals surface area contributed by atoms with Gasteiger partial charge in [0.25, 0.3) is 0 Å². The SMILES string of the molecule is CCCC(C)(N)C(=O)NCCc1ccc(Br)s1. The van der Waals surface area contributed by atoms with E-state index in [0.717, 1.165) is 16.6 Å². The van der Waals surface area contributed by atoms with E-state index in [4.69, 9.17) is 5.73 Å². The Bertz CT molecular complexity index is 376. The van der Waals surface area contributed by atoms with Crippen LogP contribution in [0.4, 0.5) is 0 Å². The Balaban J connectivity index is 2.33. The van der Waals surface area contributed by atoms with Crippen LogP contribution < -0.4 is 11.1 Å². The van der Waals surface area contributed by atoms with Crippen molar-refractivity contribution in [3.05, 3.63) is 20.8 Å². The van der Waals surface area contributed by atoms with Crippen LogP contribution in [0.15, 0.2) is 15.9 Å². The average Bonchev–Trinajstić information content (AvgIpc) is 2.64. The minimum Gasteiger partial charge on any atom is -0.354 e. The van der Waals surface area contributed by atoms with Crippen molar-refractivity contribution < 1.29 is 4.79 Å². The fourth-order valence-electron chi connectivity index (χ4n) is 1.62. The molecule has 0 aliphatic rings. The van der Waals surface area contributed by atoms with Crippen LogP contribution in [0.1, 0.15) is 31.6 Å². The minimum absolute atomic E-state index is 0.0602. The zero-order chi connectivity index (χ0) is 12.9. The van der Waals surface area contributed by atoms with Crippen molar-refractivity contribution in [1.29, 1.82) is 0 Å². The van der Waals surface area contributed by atoms with Gasteiger partial charge >= 0.3 is 0 Å². The number of rotatable bonds is 6. The molecule has 0 aromatic carbocycles. The molecule has 96 valence electrons. The molecule has 3 nitrogen and oxygen atoms in total. The first-order valence-corrected chi connectivity index (χ1v) is 7.38. The molecule has 5 heteroatoms. The highest BCUT2D eigenvalue weighted by Gasteiger charge is 2.26. The van der Waals surface area contributed by atoms with Crippen LogP contribution in [-0.2, 0) is 11.2 Å². The van der Waals surface area contributed by atoms with Crippen LogP contribution in [0.25, 0.3) is 0 Å². The predicted octanol–water partition coefficient (Wildman–Crippen LogP) is 2.69. The molecule has 17 heavy (non-hydrogen) atoms. The Labute approximate surface area is 115 Å². The molecule has 0 fully saturated rings. The second-order valence-corrected chi connectivity index (χ2v) is 6.93. The summed E-state index contributed by atoms with van der Waals surface area (Å²) in [5, 5.41) is 2.89. The first kappa shape index (κ1) is 14.7. The van der Waals surface area contributed by atoms with Crippen molar-refractivity contribution in [2.45, 2.75) is 38.6 Å². The molecule has 1 amide bonds. The number of hydrogen-bond acceptors (Lipinski definition) is 3. The van der Waals surface area contributed by atoms with E-state index in [2.05, 4.69) is 27.3 Å². The van der Waals surface area contributed by atoms with Gasteiger partial charge in [0.05, 0.1) is 9.33 Å². The maximum absolute atomic E-state index is 11.8. The quantitative estimate of drug-likeness (QED) is 0.847. The highest BCUT2D eigenvalue weighted by molar-refractivity contribution is 9.11. The molecule has 0 aliphatic carbocycles. The topological polar surface area (TPSA) is 55.1 Å². The third kappa shape index (κ3) is 4.77. The zero-order valence-corrected chi connectivity index (χ0v) is 12.7. The van der Waals surface area contributed by atoms with Crippen LogP contribution in [0, 0.1) is 0 Å². The summed E-state index contributed by atoms with van der Waals surface area (Å²) >= 11 is 5.11. The van der Waals surface area contributed by atoms with Crippen LogP contribution in [0.2, 0.25) is 0 Å². The summed E-state index contributed by atoms with van der Waals surface area (Å²) in [6, 6.07) is 4.08. The Kier molecular flexibility index (Phi) is 5.62. The van der Waals surface area contributed by atoms with Gasteiger partial charge in [-0.1, -0.05) is 13.3 Å². The summed E-state index contributed by atoms with van der Waals surface area (Å²) in [4.78, 5) is 13.1. The second-order valence-electron chi connectivity index (χ2n) is 4.38. The van der Waals surface area contributed by atoms with Crippen LogP contribution >= 0.6 is 27.3 Å². The van der Waals surface area contributed by atoms with Crippen LogP contribution in [0.3, 0.4) is 0 Å². The zero-order valence-electron chi connectivity index (χ0n) is 10.3. The maximum atomic E-state index is 11.8. The number of nitrogens with two attached hydrogens (primary N) is 1. The van der Waals surface area contributed by atoms with Crippen LogP contribution in [0.5, 0.6) is 0 Å². The normalized spacial score (nSPS) is 14.4. The minimum atomic E-state index is -0.745. The molecule has 0 spiro atoms. The summed E-state index contributed by atoms with van der Waals surface area (Å²) in [7, 11) is 0. The Hall–Kier alpha value is -0.390. The lowest BCUT2D eigenvalue weighted by Gasteiger charge is -2.22. The molecule has 0 aliphatic heterocycles. The van der Waals surface area contributed by atoms with Crippen molar-refractivity contribution in [1.82, 2.24) is 5.32 Å². The molecule has 1 aromatic rings. The molecular formula is C12H19BrN2OS. The summed E-state index contributed by atoms with van der Waals surface area (Å²) in [5.74, 6) is -0.0602. The third-order valence-electron chi connectivity index (χ3n) is 2.57. The van der Waals surface area contributed by atoms with E-state index in [1.54, 1.807) is 18.3 Å². The lowest BCUT2D eigenvalue weighted by atomic mass is 9.96. The van der Waals surface area contributed by atoms with Gasteiger partial charge in [0.1, 0.15) is 0 Å². The summed E-state index contributed by atoms with van der Waals surface area (Å²) in [6.45, 7) is 4.46. The van der Waals surface area contributed by atoms with E-state index in [9.17, 15) is 4.79 Å². The summed E-state index contributed by atoms with van der Waals surface area (Å²) in [5.41, 5.74) is 5.19. The lowest BCUT2D eigenvalue weighted by molar-refractivity contribution is -0.126. The highest BCUT2D eigenvalue weighted by atomic mass is 79.9. The highest BCUT2D eigenvalue weighted by Crippen LogP contribution is 2.22. The number of carbonyl (C=O) groups excluding carboxylic acids is 1. The average molecular weight is 319 g/mol. The smallest absolute Gasteiger partial charge is 0.239 e. The maximum Gasteiger partial charge on any atom is 0.239 e. The Morgan fingerprint density at radius 3 is 2.82 bits per heavy atom. The van der Waals surface area contributed by atoms with Crippen molar-refractivity contribution >= 4 is 33.2 Å². The lowest BCUT2D eigenvalue weighted by Crippen LogP contribution is -2.51. The van der Waals surface area contributed by atoms with E-state index >= 15 is 0 Å². The molecule has 1 aromatic heterocycles. The van der Waals surface area contributed by atoms with Gasteiger partial charge in [0, 0.05) is 11.4 Å². The van der Waals surface area contributed by atoms with Crippen molar-refractivity contribution in [3.8, 4) is 0 Å². The third-order valence-corrected chi connectivity index (χ3v) is 4.26. The van der Waals surface area contributed by atoms with Gasteiger partial charge in [-0.2, -0.15) is 0 Å². The van der Waals surface area contributed by atoms with E-state index in [-0.39, 0.29) is 5.91 Å². The monoisotopic (exact) mass is 318 g/mol. The Morgan fingerprint density at radius 1 is 1.59 bits per heavy atom. The first-order chi connectivity index (χ1) is 7.95. The van der Waals surface area contributed by atoms with Crippen molar-refractivity contribution in [2.24, 2.45) is 5.73 Å². The standard InChI is InChI=1S/C12H19BrN2OS/c1-3-7-12(2,14)11(16)15-8-6-9-4-5-10(13)17-9/h4-5H,3,6-8,14H2,1-2H3,(H,15,16). The number of nitrogens with one attached hydrogen (secondary N) is 1. The molecule has 3 N–H and O–H groups in total. The van der Waals surface area contributed by atoms with Gasteiger partial charge < -0.3 is 11.1 Å². The van der Waals surface area contributed by atoms with Gasteiger partial charge in [0.15, 0.2) is 0 Å². The largest absolute Gasteiger partial charge is 0.354 e. The fourth-order valence-corrected chi connectivity index (χ4v) is 3.10. The van der Waals surface area contributed by atoms with Gasteiger partial charge in [-0.3, -0.25) is 4.79 Å². The van der Waals surface area contributed by atoms with Crippen LogP contribution in [-0.4, -0.2) is 18.0 Å². The van der Waals surface area contributed by atoms with Crippen molar-refractivity contribution in [2.75, 3.05) is 6.54 Å². The van der Waals surface area contributed by atoms with Gasteiger partial charge in [0.2, 0.25) is 5.91 Å². The summed E-state index contributed by atoms with van der Waals surface area (Å²) in [6.07, 6.45) is 2.48. The van der Waals surface area contributed by atoms with E-state index < -0.39 is 5.54 Å². The molecule has 0 saturated heterocycles. The fraction of sp³-hybridized carbons (Fsp3) is 0.583. The molecule has 1 atom stereocenters. The number of amides is 1. The molecule has 0 bridgehead atoms. The number of halogens is 1. The predicted molar refractivity (Wildman–Crippen MR) is 76.2 cm³/mol. The molecular weight excluding hydrogens is 300 g/mol. The van der Waals surface area contributed by atoms with Gasteiger partial charge in [-0.05, 0) is 47.8 Å².